The molecule has 1 N–H and O–H groups in total. The average Bonchev–Trinajstić information content (AvgIpc) is 2.78. The fraction of sp³-hybridized carbons (Fsp3) is 0.278. The van der Waals surface area contributed by atoms with Crippen LogP contribution < -0.4 is 10.2 Å². The van der Waals surface area contributed by atoms with E-state index in [2.05, 4.69) is 12.2 Å². The molecule has 0 aromatic heterocycles. The van der Waals surface area contributed by atoms with Crippen LogP contribution in [0.5, 0.6) is 0 Å². The summed E-state index contributed by atoms with van der Waals surface area (Å²) in [6.45, 7) is 2.92. The number of fused-ring (bicyclic) bond motifs is 1. The number of carbonyl (C=O) groups is 1. The zero-order chi connectivity index (χ0) is 17.8. The molecule has 0 radical (unpaired) electrons. The minimum Gasteiger partial charge on any atom is -0.376 e. The lowest BCUT2D eigenvalue weighted by Crippen LogP contribution is -2.36. The van der Waals surface area contributed by atoms with Crippen molar-refractivity contribution in [3.63, 3.8) is 0 Å². The molecule has 0 spiro atoms. The third kappa shape index (κ3) is 4.11. The summed E-state index contributed by atoms with van der Waals surface area (Å²) in [4.78, 5) is 26.0. The van der Waals surface area contributed by atoms with Crippen LogP contribution in [0.3, 0.4) is 0 Å². The van der Waals surface area contributed by atoms with E-state index in [1.54, 1.807) is 28.8 Å². The fourth-order valence-corrected chi connectivity index (χ4v) is 3.86. The van der Waals surface area contributed by atoms with Gasteiger partial charge in [0.15, 0.2) is 0 Å². The predicted octanol–water partition coefficient (Wildman–Crippen LogP) is 3.92. The summed E-state index contributed by atoms with van der Waals surface area (Å²) in [5, 5.41) is 14.3. The van der Waals surface area contributed by atoms with Crippen molar-refractivity contribution in [3.8, 4) is 0 Å². The molecule has 1 heterocycles. The SMILES string of the molecule is C[C@H]1CCN(C(=O)CNc2cccc([N+](=O)[O-])c2)c2ccccc2S1. The molecule has 0 saturated carbocycles. The first-order valence-electron chi connectivity index (χ1n) is 8.09. The molecule has 1 amide bonds. The molecule has 3 rings (SSSR count). The molecule has 0 aliphatic carbocycles. The first kappa shape index (κ1) is 17.3. The lowest BCUT2D eigenvalue weighted by Gasteiger charge is -2.23. The number of nitrogens with zero attached hydrogens (tertiary/aromatic N) is 2. The number of hydrogen-bond acceptors (Lipinski definition) is 5. The molecule has 0 saturated heterocycles. The number of amides is 1. The number of thioether (sulfide) groups is 1. The molecule has 2 aromatic rings. The van der Waals surface area contributed by atoms with Gasteiger partial charge in [0.2, 0.25) is 5.91 Å². The molecule has 6 nitrogen and oxygen atoms in total. The van der Waals surface area contributed by atoms with Gasteiger partial charge in [-0.3, -0.25) is 14.9 Å². The molecule has 2 aromatic carbocycles. The van der Waals surface area contributed by atoms with E-state index in [1.807, 2.05) is 24.3 Å². The number of benzene rings is 2. The first-order chi connectivity index (χ1) is 12.0. The maximum atomic E-state index is 12.7. The van der Waals surface area contributed by atoms with Crippen molar-refractivity contribution >= 4 is 34.7 Å². The molecular weight excluding hydrogens is 338 g/mol. The molecule has 0 bridgehead atoms. The summed E-state index contributed by atoms with van der Waals surface area (Å²) >= 11 is 1.78. The van der Waals surface area contributed by atoms with Gasteiger partial charge in [0, 0.05) is 34.5 Å². The second kappa shape index (κ2) is 7.57. The van der Waals surface area contributed by atoms with Crippen molar-refractivity contribution in [1.82, 2.24) is 0 Å². The van der Waals surface area contributed by atoms with Gasteiger partial charge in [-0.25, -0.2) is 0 Å². The smallest absolute Gasteiger partial charge is 0.271 e. The number of nitro groups is 1. The van der Waals surface area contributed by atoms with Gasteiger partial charge in [0.05, 0.1) is 17.2 Å². The number of carbonyl (C=O) groups excluding carboxylic acids is 1. The van der Waals surface area contributed by atoms with Crippen LogP contribution in [0.15, 0.2) is 53.4 Å². The van der Waals surface area contributed by atoms with E-state index in [1.165, 1.54) is 12.1 Å². The van der Waals surface area contributed by atoms with E-state index in [9.17, 15) is 14.9 Å². The van der Waals surface area contributed by atoms with Gasteiger partial charge in [-0.2, -0.15) is 0 Å². The summed E-state index contributed by atoms with van der Waals surface area (Å²) in [6.07, 6.45) is 0.919. The van der Waals surface area contributed by atoms with E-state index in [4.69, 9.17) is 0 Å². The maximum Gasteiger partial charge on any atom is 0.271 e. The van der Waals surface area contributed by atoms with Crippen molar-refractivity contribution in [3.05, 3.63) is 58.6 Å². The van der Waals surface area contributed by atoms with Crippen molar-refractivity contribution in [2.24, 2.45) is 0 Å². The van der Waals surface area contributed by atoms with Crippen LogP contribution >= 0.6 is 11.8 Å². The van der Waals surface area contributed by atoms with E-state index in [0.29, 0.717) is 17.5 Å². The van der Waals surface area contributed by atoms with Crippen molar-refractivity contribution in [2.45, 2.75) is 23.5 Å². The van der Waals surface area contributed by atoms with Crippen LogP contribution in [-0.4, -0.2) is 29.2 Å². The normalized spacial score (nSPS) is 16.7. The Morgan fingerprint density at radius 1 is 1.32 bits per heavy atom. The van der Waals surface area contributed by atoms with Crippen LogP contribution in [0.4, 0.5) is 17.1 Å². The minimum absolute atomic E-state index is 0.00259. The number of para-hydroxylation sites is 1. The Kier molecular flexibility index (Phi) is 5.23. The zero-order valence-electron chi connectivity index (χ0n) is 13.8. The van der Waals surface area contributed by atoms with Crippen molar-refractivity contribution in [1.29, 1.82) is 0 Å². The molecule has 1 aliphatic rings. The molecule has 7 heteroatoms. The molecule has 0 fully saturated rings. The Bertz CT molecular complexity index is 797. The van der Waals surface area contributed by atoms with E-state index < -0.39 is 4.92 Å². The standard InChI is InChI=1S/C18H19N3O3S/c1-13-9-10-20(16-7-2-3-8-17(16)25-13)18(22)12-19-14-5-4-6-15(11-14)21(23)24/h2-8,11,13,19H,9-10,12H2,1H3/t13-/m0/s1. The summed E-state index contributed by atoms with van der Waals surface area (Å²) in [5.74, 6) is -0.0475. The first-order valence-corrected chi connectivity index (χ1v) is 8.97. The highest BCUT2D eigenvalue weighted by molar-refractivity contribution is 8.00. The third-order valence-electron chi connectivity index (χ3n) is 4.05. The van der Waals surface area contributed by atoms with Gasteiger partial charge in [0.25, 0.3) is 5.69 Å². The Labute approximate surface area is 150 Å². The Hall–Kier alpha value is -2.54. The summed E-state index contributed by atoms with van der Waals surface area (Å²) in [7, 11) is 0. The lowest BCUT2D eigenvalue weighted by atomic mass is 10.2. The number of anilines is 2. The van der Waals surface area contributed by atoms with Crippen molar-refractivity contribution in [2.75, 3.05) is 23.3 Å². The highest BCUT2D eigenvalue weighted by Crippen LogP contribution is 2.37. The Morgan fingerprint density at radius 2 is 2.12 bits per heavy atom. The highest BCUT2D eigenvalue weighted by atomic mass is 32.2. The summed E-state index contributed by atoms with van der Waals surface area (Å²) in [6, 6.07) is 14.1. The van der Waals surface area contributed by atoms with Gasteiger partial charge >= 0.3 is 0 Å². The third-order valence-corrected chi connectivity index (χ3v) is 5.28. The minimum atomic E-state index is -0.448. The van der Waals surface area contributed by atoms with E-state index in [-0.39, 0.29) is 18.1 Å². The number of nitrogens with one attached hydrogen (secondary N) is 1. The van der Waals surface area contributed by atoms with Crippen LogP contribution in [0, 0.1) is 10.1 Å². The number of non-ortho nitro benzene ring substituents is 1. The van der Waals surface area contributed by atoms with Crippen molar-refractivity contribution < 1.29 is 9.72 Å². The predicted molar refractivity (Wildman–Crippen MR) is 100 cm³/mol. The zero-order valence-corrected chi connectivity index (χ0v) is 14.7. The van der Waals surface area contributed by atoms with Gasteiger partial charge in [-0.05, 0) is 24.6 Å². The summed E-state index contributed by atoms with van der Waals surface area (Å²) < 4.78 is 0. The Balaban J connectivity index is 1.73. The van der Waals surface area contributed by atoms with E-state index >= 15 is 0 Å². The van der Waals surface area contributed by atoms with Gasteiger partial charge in [-0.1, -0.05) is 25.1 Å². The average molecular weight is 357 g/mol. The van der Waals surface area contributed by atoms with Gasteiger partial charge < -0.3 is 10.2 Å². The number of nitro benzene ring substituents is 1. The van der Waals surface area contributed by atoms with E-state index in [0.717, 1.165) is 17.0 Å². The second-order valence-corrected chi connectivity index (χ2v) is 7.37. The molecule has 130 valence electrons. The maximum absolute atomic E-state index is 12.7. The molecule has 0 unspecified atom stereocenters. The fourth-order valence-electron chi connectivity index (χ4n) is 2.75. The molecular formula is C18H19N3O3S. The highest BCUT2D eigenvalue weighted by Gasteiger charge is 2.23. The van der Waals surface area contributed by atoms with Crippen LogP contribution in [-0.2, 0) is 4.79 Å². The van der Waals surface area contributed by atoms with Crippen LogP contribution in [0.1, 0.15) is 13.3 Å². The molecule has 25 heavy (non-hydrogen) atoms. The number of rotatable bonds is 4. The Morgan fingerprint density at radius 3 is 2.92 bits per heavy atom. The quantitative estimate of drug-likeness (QED) is 0.663. The second-order valence-electron chi connectivity index (χ2n) is 5.89. The topological polar surface area (TPSA) is 75.5 Å². The van der Waals surface area contributed by atoms with Gasteiger partial charge in [0.1, 0.15) is 0 Å². The molecule has 1 aliphatic heterocycles. The monoisotopic (exact) mass is 357 g/mol. The van der Waals surface area contributed by atoms with Crippen LogP contribution in [0.2, 0.25) is 0 Å². The summed E-state index contributed by atoms with van der Waals surface area (Å²) in [5.41, 5.74) is 1.50. The molecule has 1 atom stereocenters. The number of hydrogen-bond donors (Lipinski definition) is 1. The van der Waals surface area contributed by atoms with Crippen LogP contribution in [0.25, 0.3) is 0 Å². The lowest BCUT2D eigenvalue weighted by molar-refractivity contribution is -0.384. The van der Waals surface area contributed by atoms with Gasteiger partial charge in [-0.15, -0.1) is 11.8 Å². The largest absolute Gasteiger partial charge is 0.376 e.